The van der Waals surface area contributed by atoms with Gasteiger partial charge in [0.05, 0.1) is 6.10 Å². The Morgan fingerprint density at radius 2 is 2.00 bits per heavy atom. The molecule has 2 rings (SSSR count). The first-order valence-electron chi connectivity index (χ1n) is 6.77. The molecule has 1 unspecified atom stereocenters. The van der Waals surface area contributed by atoms with Crippen LogP contribution in [0, 0.1) is 18.3 Å². The molecule has 1 fully saturated rings. The molecular formula is C15H24OS. The number of aliphatic hydroxyl groups excluding tert-OH is 1. The average molecular weight is 252 g/mol. The lowest BCUT2D eigenvalue weighted by atomic mass is 9.72. The van der Waals surface area contributed by atoms with Gasteiger partial charge in [-0.25, -0.2) is 0 Å². The molecule has 0 aromatic carbocycles. The van der Waals surface area contributed by atoms with Gasteiger partial charge in [-0.3, -0.25) is 0 Å². The van der Waals surface area contributed by atoms with Crippen molar-refractivity contribution in [2.24, 2.45) is 11.3 Å². The summed E-state index contributed by atoms with van der Waals surface area (Å²) >= 11 is 1.75. The lowest BCUT2D eigenvalue weighted by Crippen LogP contribution is -2.27. The highest BCUT2D eigenvalue weighted by Gasteiger charge is 2.42. The van der Waals surface area contributed by atoms with Gasteiger partial charge in [0.15, 0.2) is 0 Å². The first kappa shape index (κ1) is 13.1. The van der Waals surface area contributed by atoms with Gasteiger partial charge in [0.2, 0.25) is 0 Å². The molecule has 2 heteroatoms. The highest BCUT2D eigenvalue weighted by molar-refractivity contribution is 7.10. The second-order valence-electron chi connectivity index (χ2n) is 6.00. The molecule has 0 saturated heterocycles. The van der Waals surface area contributed by atoms with Crippen molar-refractivity contribution in [2.45, 2.75) is 59.0 Å². The summed E-state index contributed by atoms with van der Waals surface area (Å²) in [5, 5.41) is 12.9. The van der Waals surface area contributed by atoms with Crippen LogP contribution in [0.2, 0.25) is 0 Å². The summed E-state index contributed by atoms with van der Waals surface area (Å²) < 4.78 is 0. The largest absolute Gasteiger partial charge is 0.388 e. The molecule has 1 nitrogen and oxygen atoms in total. The molecule has 0 amide bonds. The number of rotatable bonds is 4. The van der Waals surface area contributed by atoms with E-state index in [2.05, 4.69) is 32.2 Å². The highest BCUT2D eigenvalue weighted by atomic mass is 32.1. The zero-order valence-corrected chi connectivity index (χ0v) is 12.0. The van der Waals surface area contributed by atoms with Crippen molar-refractivity contribution in [1.82, 2.24) is 0 Å². The Balaban J connectivity index is 2.24. The summed E-state index contributed by atoms with van der Waals surface area (Å²) in [6.45, 7) is 6.67. The van der Waals surface area contributed by atoms with Gasteiger partial charge < -0.3 is 5.11 Å². The smallest absolute Gasteiger partial charge is 0.0856 e. The summed E-state index contributed by atoms with van der Waals surface area (Å²) in [5.41, 5.74) is 1.33. The van der Waals surface area contributed by atoms with Crippen LogP contribution >= 0.6 is 11.3 Å². The normalized spacial score (nSPS) is 21.0. The number of hydrogen-bond acceptors (Lipinski definition) is 2. The first-order valence-corrected chi connectivity index (χ1v) is 7.65. The summed E-state index contributed by atoms with van der Waals surface area (Å²) in [7, 11) is 0. The summed E-state index contributed by atoms with van der Waals surface area (Å²) in [4.78, 5) is 1.28. The second-order valence-corrected chi connectivity index (χ2v) is 7.12. The SMILES string of the molecule is Cc1sccc1C(O)C1(CC(C)C)CCCC1. The molecule has 1 aromatic heterocycles. The van der Waals surface area contributed by atoms with Gasteiger partial charge in [0.1, 0.15) is 0 Å². The van der Waals surface area contributed by atoms with E-state index in [1.54, 1.807) is 11.3 Å². The average Bonchev–Trinajstić information content (AvgIpc) is 2.86. The Morgan fingerprint density at radius 3 is 2.47 bits per heavy atom. The standard InChI is InChI=1S/C15H24OS/c1-11(2)10-15(7-4-5-8-15)14(16)13-6-9-17-12(13)3/h6,9,11,14,16H,4-5,7-8,10H2,1-3H3. The molecule has 1 atom stereocenters. The van der Waals surface area contributed by atoms with Crippen molar-refractivity contribution in [3.63, 3.8) is 0 Å². The summed E-state index contributed by atoms with van der Waals surface area (Å²) in [6.07, 6.45) is 5.87. The van der Waals surface area contributed by atoms with E-state index in [1.807, 2.05) is 0 Å². The number of thiophene rings is 1. The van der Waals surface area contributed by atoms with E-state index in [0.717, 1.165) is 6.42 Å². The van der Waals surface area contributed by atoms with Crippen LogP contribution in [0.15, 0.2) is 11.4 Å². The predicted molar refractivity (Wildman–Crippen MR) is 74.4 cm³/mol. The molecule has 1 aliphatic carbocycles. The Morgan fingerprint density at radius 1 is 1.35 bits per heavy atom. The summed E-state index contributed by atoms with van der Waals surface area (Å²) in [5.74, 6) is 0.668. The zero-order chi connectivity index (χ0) is 12.5. The molecule has 96 valence electrons. The van der Waals surface area contributed by atoms with Crippen molar-refractivity contribution in [3.05, 3.63) is 21.9 Å². The minimum absolute atomic E-state index is 0.153. The van der Waals surface area contributed by atoms with E-state index in [-0.39, 0.29) is 11.5 Å². The van der Waals surface area contributed by atoms with Crippen LogP contribution in [-0.2, 0) is 0 Å². The van der Waals surface area contributed by atoms with E-state index in [4.69, 9.17) is 0 Å². The molecule has 1 aliphatic rings. The lowest BCUT2D eigenvalue weighted by Gasteiger charge is -2.36. The topological polar surface area (TPSA) is 20.2 Å². The maximum absolute atomic E-state index is 10.8. The molecule has 0 radical (unpaired) electrons. The predicted octanol–water partition coefficient (Wildman–Crippen LogP) is 4.70. The molecule has 0 aliphatic heterocycles. The van der Waals surface area contributed by atoms with Crippen LogP contribution in [0.4, 0.5) is 0 Å². The molecule has 1 saturated carbocycles. The maximum Gasteiger partial charge on any atom is 0.0856 e. The van der Waals surface area contributed by atoms with Crippen LogP contribution in [0.5, 0.6) is 0 Å². The van der Waals surface area contributed by atoms with Crippen LogP contribution < -0.4 is 0 Å². The van der Waals surface area contributed by atoms with E-state index in [9.17, 15) is 5.11 Å². The van der Waals surface area contributed by atoms with Gasteiger partial charge in [0.25, 0.3) is 0 Å². The van der Waals surface area contributed by atoms with Gasteiger partial charge in [-0.15, -0.1) is 11.3 Å². The molecule has 1 N–H and O–H groups in total. The lowest BCUT2D eigenvalue weighted by molar-refractivity contribution is 0.0111. The van der Waals surface area contributed by atoms with Crippen LogP contribution in [0.3, 0.4) is 0 Å². The molecular weight excluding hydrogens is 228 g/mol. The van der Waals surface area contributed by atoms with Gasteiger partial charge in [-0.05, 0) is 49.1 Å². The fraction of sp³-hybridized carbons (Fsp3) is 0.733. The van der Waals surface area contributed by atoms with E-state index >= 15 is 0 Å². The fourth-order valence-corrected chi connectivity index (χ4v) is 4.22. The Kier molecular flexibility index (Phi) is 3.94. The Labute approximate surface area is 109 Å². The van der Waals surface area contributed by atoms with Crippen molar-refractivity contribution in [3.8, 4) is 0 Å². The van der Waals surface area contributed by atoms with Gasteiger partial charge in [-0.2, -0.15) is 0 Å². The van der Waals surface area contributed by atoms with E-state index in [1.165, 1.54) is 36.1 Å². The maximum atomic E-state index is 10.8. The van der Waals surface area contributed by atoms with Crippen LogP contribution in [0.1, 0.15) is 62.5 Å². The van der Waals surface area contributed by atoms with Crippen molar-refractivity contribution >= 4 is 11.3 Å². The summed E-state index contributed by atoms with van der Waals surface area (Å²) in [6, 6.07) is 2.12. The highest BCUT2D eigenvalue weighted by Crippen LogP contribution is 2.52. The van der Waals surface area contributed by atoms with Gasteiger partial charge >= 0.3 is 0 Å². The quantitative estimate of drug-likeness (QED) is 0.823. The third-order valence-corrected chi connectivity index (χ3v) is 5.05. The van der Waals surface area contributed by atoms with E-state index in [0.29, 0.717) is 5.92 Å². The van der Waals surface area contributed by atoms with E-state index < -0.39 is 0 Å². The Bertz CT molecular complexity index is 361. The Hall–Kier alpha value is -0.340. The van der Waals surface area contributed by atoms with Crippen molar-refractivity contribution < 1.29 is 5.11 Å². The zero-order valence-electron chi connectivity index (χ0n) is 11.2. The first-order chi connectivity index (χ1) is 8.05. The number of aryl methyl sites for hydroxylation is 1. The third kappa shape index (κ3) is 2.58. The minimum Gasteiger partial charge on any atom is -0.388 e. The molecule has 0 spiro atoms. The van der Waals surface area contributed by atoms with Crippen molar-refractivity contribution in [1.29, 1.82) is 0 Å². The van der Waals surface area contributed by atoms with Crippen LogP contribution in [0.25, 0.3) is 0 Å². The molecule has 17 heavy (non-hydrogen) atoms. The minimum atomic E-state index is -0.251. The number of hydrogen-bond donors (Lipinski definition) is 1. The van der Waals surface area contributed by atoms with Crippen molar-refractivity contribution in [2.75, 3.05) is 0 Å². The molecule has 1 heterocycles. The van der Waals surface area contributed by atoms with Crippen LogP contribution in [-0.4, -0.2) is 5.11 Å². The fourth-order valence-electron chi connectivity index (χ4n) is 3.49. The monoisotopic (exact) mass is 252 g/mol. The second kappa shape index (κ2) is 5.11. The van der Waals surface area contributed by atoms with Gasteiger partial charge in [-0.1, -0.05) is 26.7 Å². The third-order valence-electron chi connectivity index (χ3n) is 4.19. The molecule has 0 bridgehead atoms. The number of aliphatic hydroxyl groups is 1. The molecule has 1 aromatic rings. The van der Waals surface area contributed by atoms with Gasteiger partial charge in [0, 0.05) is 10.3 Å².